The molecule has 0 radical (unpaired) electrons. The molecule has 0 amide bonds. The number of ether oxygens (including phenoxy) is 1. The van der Waals surface area contributed by atoms with Gasteiger partial charge in [0, 0.05) is 18.5 Å². The molecule has 0 aromatic heterocycles. The SMILES string of the molecule is CCNCC(C)COc1ccccc1[N+](=O)[O-]. The van der Waals surface area contributed by atoms with Crippen molar-refractivity contribution in [2.45, 2.75) is 13.8 Å². The van der Waals surface area contributed by atoms with Crippen molar-refractivity contribution in [3.63, 3.8) is 0 Å². The van der Waals surface area contributed by atoms with Gasteiger partial charge in [-0.2, -0.15) is 0 Å². The van der Waals surface area contributed by atoms with Crippen LogP contribution in [0.3, 0.4) is 0 Å². The van der Waals surface area contributed by atoms with Gasteiger partial charge < -0.3 is 10.1 Å². The number of nitro benzene ring substituents is 1. The van der Waals surface area contributed by atoms with Crippen molar-refractivity contribution in [3.05, 3.63) is 34.4 Å². The van der Waals surface area contributed by atoms with Crippen LogP contribution in [-0.2, 0) is 0 Å². The van der Waals surface area contributed by atoms with Crippen molar-refractivity contribution in [2.24, 2.45) is 5.92 Å². The molecule has 1 unspecified atom stereocenters. The zero-order valence-corrected chi connectivity index (χ0v) is 10.2. The van der Waals surface area contributed by atoms with Crippen LogP contribution < -0.4 is 10.1 Å². The van der Waals surface area contributed by atoms with E-state index in [1.165, 1.54) is 6.07 Å². The summed E-state index contributed by atoms with van der Waals surface area (Å²) in [5.41, 5.74) is 0.0168. The molecule has 17 heavy (non-hydrogen) atoms. The molecule has 1 atom stereocenters. The maximum absolute atomic E-state index is 10.8. The van der Waals surface area contributed by atoms with Gasteiger partial charge in [0.2, 0.25) is 0 Å². The third-order valence-electron chi connectivity index (χ3n) is 2.33. The molecule has 1 aromatic rings. The van der Waals surface area contributed by atoms with Crippen molar-refractivity contribution in [3.8, 4) is 5.75 Å². The molecular weight excluding hydrogens is 220 g/mol. The molecule has 0 aliphatic heterocycles. The van der Waals surface area contributed by atoms with Crippen LogP contribution in [0.15, 0.2) is 24.3 Å². The average Bonchev–Trinajstić information content (AvgIpc) is 2.34. The van der Waals surface area contributed by atoms with Gasteiger partial charge in [-0.1, -0.05) is 26.0 Å². The van der Waals surface area contributed by atoms with Crippen LogP contribution in [0.5, 0.6) is 5.75 Å². The number of nitro groups is 1. The molecule has 0 heterocycles. The van der Waals surface area contributed by atoms with Gasteiger partial charge in [0.25, 0.3) is 0 Å². The summed E-state index contributed by atoms with van der Waals surface area (Å²) in [5, 5.41) is 14.0. The number of hydrogen-bond acceptors (Lipinski definition) is 4. The van der Waals surface area contributed by atoms with Gasteiger partial charge in [-0.15, -0.1) is 0 Å². The Morgan fingerprint density at radius 2 is 2.18 bits per heavy atom. The maximum atomic E-state index is 10.8. The van der Waals surface area contributed by atoms with Crippen molar-refractivity contribution in [1.82, 2.24) is 5.32 Å². The van der Waals surface area contributed by atoms with E-state index in [0.29, 0.717) is 18.3 Å². The highest BCUT2D eigenvalue weighted by atomic mass is 16.6. The Morgan fingerprint density at radius 3 is 2.82 bits per heavy atom. The van der Waals surface area contributed by atoms with E-state index in [4.69, 9.17) is 4.74 Å². The molecule has 94 valence electrons. The second-order valence-electron chi connectivity index (χ2n) is 3.95. The zero-order chi connectivity index (χ0) is 12.7. The number of rotatable bonds is 7. The molecule has 5 heteroatoms. The van der Waals surface area contributed by atoms with Crippen molar-refractivity contribution < 1.29 is 9.66 Å². The number of nitrogens with one attached hydrogen (secondary N) is 1. The standard InChI is InChI=1S/C12H18N2O3/c1-3-13-8-10(2)9-17-12-7-5-4-6-11(12)14(15)16/h4-7,10,13H,3,8-9H2,1-2H3. The number of nitrogens with zero attached hydrogens (tertiary/aromatic N) is 1. The predicted octanol–water partition coefficient (Wildman–Crippen LogP) is 2.22. The highest BCUT2D eigenvalue weighted by Crippen LogP contribution is 2.26. The van der Waals surface area contributed by atoms with Gasteiger partial charge in [-0.3, -0.25) is 10.1 Å². The van der Waals surface area contributed by atoms with E-state index in [1.807, 2.05) is 13.8 Å². The van der Waals surface area contributed by atoms with E-state index in [1.54, 1.807) is 18.2 Å². The third kappa shape index (κ3) is 4.40. The summed E-state index contributed by atoms with van der Waals surface area (Å²) in [6, 6.07) is 6.44. The normalized spacial score (nSPS) is 12.1. The lowest BCUT2D eigenvalue weighted by Gasteiger charge is -2.13. The van der Waals surface area contributed by atoms with Crippen LogP contribution in [0, 0.1) is 16.0 Å². The fraction of sp³-hybridized carbons (Fsp3) is 0.500. The van der Waals surface area contributed by atoms with E-state index in [0.717, 1.165) is 13.1 Å². The number of para-hydroxylation sites is 2. The minimum atomic E-state index is -0.426. The molecule has 0 bridgehead atoms. The van der Waals surface area contributed by atoms with Crippen LogP contribution in [0.25, 0.3) is 0 Å². The van der Waals surface area contributed by atoms with E-state index < -0.39 is 4.92 Å². The third-order valence-corrected chi connectivity index (χ3v) is 2.33. The molecular formula is C12H18N2O3. The molecule has 1 N–H and O–H groups in total. The summed E-state index contributed by atoms with van der Waals surface area (Å²) < 4.78 is 5.48. The Bertz CT molecular complexity index is 369. The Kier molecular flexibility index (Phi) is 5.42. The summed E-state index contributed by atoms with van der Waals surface area (Å²) in [4.78, 5) is 10.3. The second-order valence-corrected chi connectivity index (χ2v) is 3.95. The molecule has 0 spiro atoms. The smallest absolute Gasteiger partial charge is 0.310 e. The molecule has 0 fully saturated rings. The van der Waals surface area contributed by atoms with Gasteiger partial charge in [0.1, 0.15) is 0 Å². The van der Waals surface area contributed by atoms with E-state index in [2.05, 4.69) is 5.32 Å². The fourth-order valence-electron chi connectivity index (χ4n) is 1.41. The Labute approximate surface area is 101 Å². The minimum absolute atomic E-state index is 0.0168. The quantitative estimate of drug-likeness (QED) is 0.584. The Balaban J connectivity index is 2.54. The Morgan fingerprint density at radius 1 is 1.47 bits per heavy atom. The van der Waals surface area contributed by atoms with Crippen molar-refractivity contribution in [1.29, 1.82) is 0 Å². The first-order chi connectivity index (χ1) is 8.15. The summed E-state index contributed by atoms with van der Waals surface area (Å²) in [5.74, 6) is 0.649. The first-order valence-corrected chi connectivity index (χ1v) is 5.72. The van der Waals surface area contributed by atoms with Crippen LogP contribution in [0.1, 0.15) is 13.8 Å². The Hall–Kier alpha value is -1.62. The number of hydrogen-bond donors (Lipinski definition) is 1. The van der Waals surface area contributed by atoms with Gasteiger partial charge in [-0.25, -0.2) is 0 Å². The average molecular weight is 238 g/mol. The lowest BCUT2D eigenvalue weighted by molar-refractivity contribution is -0.385. The lowest BCUT2D eigenvalue weighted by atomic mass is 10.2. The highest BCUT2D eigenvalue weighted by Gasteiger charge is 2.14. The van der Waals surface area contributed by atoms with E-state index in [9.17, 15) is 10.1 Å². The van der Waals surface area contributed by atoms with E-state index >= 15 is 0 Å². The van der Waals surface area contributed by atoms with Gasteiger partial charge >= 0.3 is 5.69 Å². The van der Waals surface area contributed by atoms with E-state index in [-0.39, 0.29) is 5.69 Å². The minimum Gasteiger partial charge on any atom is -0.486 e. The summed E-state index contributed by atoms with van der Waals surface area (Å²) >= 11 is 0. The van der Waals surface area contributed by atoms with Gasteiger partial charge in [0.05, 0.1) is 11.5 Å². The molecule has 1 aromatic carbocycles. The molecule has 1 rings (SSSR count). The largest absolute Gasteiger partial charge is 0.486 e. The first kappa shape index (κ1) is 13.4. The molecule has 5 nitrogen and oxygen atoms in total. The summed E-state index contributed by atoms with van der Waals surface area (Å²) in [6.07, 6.45) is 0. The van der Waals surface area contributed by atoms with Crippen molar-refractivity contribution in [2.75, 3.05) is 19.7 Å². The predicted molar refractivity (Wildman–Crippen MR) is 66.3 cm³/mol. The van der Waals surface area contributed by atoms with Crippen molar-refractivity contribution >= 4 is 5.69 Å². The first-order valence-electron chi connectivity index (χ1n) is 5.72. The topological polar surface area (TPSA) is 64.4 Å². The lowest BCUT2D eigenvalue weighted by Crippen LogP contribution is -2.24. The zero-order valence-electron chi connectivity index (χ0n) is 10.2. The van der Waals surface area contributed by atoms with Crippen LogP contribution in [0.2, 0.25) is 0 Å². The van der Waals surface area contributed by atoms with Crippen LogP contribution in [-0.4, -0.2) is 24.6 Å². The monoisotopic (exact) mass is 238 g/mol. The molecule has 0 saturated carbocycles. The molecule has 0 aliphatic carbocycles. The van der Waals surface area contributed by atoms with Crippen LogP contribution in [0.4, 0.5) is 5.69 Å². The molecule has 0 aliphatic rings. The summed E-state index contributed by atoms with van der Waals surface area (Å²) in [6.45, 7) is 6.30. The number of benzene rings is 1. The van der Waals surface area contributed by atoms with Gasteiger partial charge in [0.15, 0.2) is 5.75 Å². The molecule has 0 saturated heterocycles. The van der Waals surface area contributed by atoms with Gasteiger partial charge in [-0.05, 0) is 12.6 Å². The summed E-state index contributed by atoms with van der Waals surface area (Å²) in [7, 11) is 0. The maximum Gasteiger partial charge on any atom is 0.310 e. The second kappa shape index (κ2) is 6.85. The van der Waals surface area contributed by atoms with Crippen LogP contribution >= 0.6 is 0 Å². The fourth-order valence-corrected chi connectivity index (χ4v) is 1.41. The highest BCUT2D eigenvalue weighted by molar-refractivity contribution is 5.45.